The van der Waals surface area contributed by atoms with Gasteiger partial charge in [-0.25, -0.2) is 9.59 Å². The number of hydrogen-bond acceptors (Lipinski definition) is 6. The molecule has 7 nitrogen and oxygen atoms in total. The summed E-state index contributed by atoms with van der Waals surface area (Å²) in [5.41, 5.74) is 5.46. The monoisotopic (exact) mass is 482 g/mol. The molecule has 8 heteroatoms. The number of fused-ring (bicyclic) bond motifs is 3. The summed E-state index contributed by atoms with van der Waals surface area (Å²) in [4.78, 5) is 25.9. The molecule has 2 aromatic rings. The molecule has 34 heavy (non-hydrogen) atoms. The molecule has 0 unspecified atom stereocenters. The van der Waals surface area contributed by atoms with Crippen molar-refractivity contribution >= 4 is 20.3 Å². The van der Waals surface area contributed by atoms with Crippen molar-refractivity contribution in [3.8, 4) is 11.1 Å². The summed E-state index contributed by atoms with van der Waals surface area (Å²) in [5, 5.41) is 11.5. The molecule has 182 valence electrons. The van der Waals surface area contributed by atoms with E-state index in [9.17, 15) is 14.7 Å². The number of ether oxygens (including phenoxy) is 1. The lowest BCUT2D eigenvalue weighted by Crippen LogP contribution is -2.63. The van der Waals surface area contributed by atoms with Gasteiger partial charge in [0.1, 0.15) is 6.61 Å². The van der Waals surface area contributed by atoms with Gasteiger partial charge in [0, 0.05) is 12.5 Å². The lowest BCUT2D eigenvalue weighted by molar-refractivity contribution is -0.179. The van der Waals surface area contributed by atoms with E-state index in [4.69, 9.17) is 9.26 Å². The molecule has 4 rings (SSSR count). The van der Waals surface area contributed by atoms with Crippen molar-refractivity contribution in [2.24, 2.45) is 0 Å². The maximum atomic E-state index is 13.4. The first kappa shape index (κ1) is 24.6. The number of hydrogen-bond donors (Lipinski definition) is 2. The predicted molar refractivity (Wildman–Crippen MR) is 132 cm³/mol. The van der Waals surface area contributed by atoms with E-state index in [0.717, 1.165) is 22.3 Å². The summed E-state index contributed by atoms with van der Waals surface area (Å²) in [6.07, 6.45) is 0.706. The number of carbonyl (C=O) groups excluding carboxylic acids is 1. The van der Waals surface area contributed by atoms with Crippen LogP contribution in [0.15, 0.2) is 48.5 Å². The predicted octanol–water partition coefficient (Wildman–Crippen LogP) is 4.70. The van der Waals surface area contributed by atoms with Crippen LogP contribution in [0.5, 0.6) is 0 Å². The highest BCUT2D eigenvalue weighted by molar-refractivity contribution is 6.74. The summed E-state index contributed by atoms with van der Waals surface area (Å²) in [6, 6.07) is 16.1. The summed E-state index contributed by atoms with van der Waals surface area (Å²) in [5.74, 6) is -2.12. The summed E-state index contributed by atoms with van der Waals surface area (Å²) >= 11 is 0. The van der Waals surface area contributed by atoms with Gasteiger partial charge in [0.05, 0.1) is 0 Å². The van der Waals surface area contributed by atoms with Gasteiger partial charge in [0.15, 0.2) is 0 Å². The molecule has 1 atom stereocenters. The van der Waals surface area contributed by atoms with Crippen LogP contribution in [0.25, 0.3) is 11.1 Å². The average molecular weight is 483 g/mol. The third kappa shape index (κ3) is 4.09. The second kappa shape index (κ2) is 8.92. The molecule has 2 N–H and O–H groups in total. The van der Waals surface area contributed by atoms with Crippen LogP contribution in [0.2, 0.25) is 18.1 Å². The third-order valence-corrected chi connectivity index (χ3v) is 11.8. The fourth-order valence-electron chi connectivity index (χ4n) is 4.50. The third-order valence-electron chi connectivity index (χ3n) is 7.63. The minimum Gasteiger partial charge on any atom is -0.479 e. The van der Waals surface area contributed by atoms with Crippen LogP contribution < -0.4 is 5.59 Å². The first-order valence-electron chi connectivity index (χ1n) is 11.8. The maximum Gasteiger partial charge on any atom is 0.339 e. The van der Waals surface area contributed by atoms with Crippen LogP contribution >= 0.6 is 0 Å². The Kier molecular flexibility index (Phi) is 6.46. The highest BCUT2D eigenvalue weighted by Gasteiger charge is 2.57. The Labute approximate surface area is 202 Å². The van der Waals surface area contributed by atoms with Crippen molar-refractivity contribution in [2.75, 3.05) is 13.2 Å². The molecular weight excluding hydrogens is 448 g/mol. The standard InChI is InChI=1S/C26H34N2O5Si/c1-25(2,3)34(4,5)33-27-28-16-10-15-26(28,23(29)30)24(31)32-17-22-20-13-8-6-11-18(20)19-12-7-9-14-21(19)22/h6-9,11-14,22,27H,10,15-17H2,1-5H3,(H,29,30)/t26-/m0/s1. The minimum atomic E-state index is -2.22. The first-order chi connectivity index (χ1) is 16.0. The zero-order chi connectivity index (χ0) is 24.7. The molecule has 2 aliphatic rings. The number of carbonyl (C=O) groups is 2. The van der Waals surface area contributed by atoms with E-state index in [1.165, 1.54) is 5.01 Å². The highest BCUT2D eigenvalue weighted by Crippen LogP contribution is 2.45. The van der Waals surface area contributed by atoms with Crippen LogP contribution in [-0.2, 0) is 18.9 Å². The smallest absolute Gasteiger partial charge is 0.339 e. The molecule has 1 saturated heterocycles. The highest BCUT2D eigenvalue weighted by atomic mass is 28.4. The van der Waals surface area contributed by atoms with E-state index in [-0.39, 0.29) is 24.0 Å². The van der Waals surface area contributed by atoms with E-state index >= 15 is 0 Å². The SMILES string of the molecule is CC(C)(C)[Si](C)(C)ONN1CCC[C@]1(C(=O)O)C(=O)OCC1c2ccccc2-c2ccccc21. The Morgan fingerprint density at radius 3 is 2.18 bits per heavy atom. The van der Waals surface area contributed by atoms with Gasteiger partial charge < -0.3 is 14.4 Å². The Morgan fingerprint density at radius 1 is 1.09 bits per heavy atom. The van der Waals surface area contributed by atoms with E-state index in [2.05, 4.69) is 51.6 Å². The van der Waals surface area contributed by atoms with E-state index in [0.29, 0.717) is 13.0 Å². The number of hydrazine groups is 1. The van der Waals surface area contributed by atoms with Gasteiger partial charge in [-0.2, -0.15) is 5.01 Å². The van der Waals surface area contributed by atoms with Crippen LogP contribution in [0.3, 0.4) is 0 Å². The molecule has 1 heterocycles. The molecule has 0 radical (unpaired) electrons. The quantitative estimate of drug-likeness (QED) is 0.256. The van der Waals surface area contributed by atoms with E-state index in [1.54, 1.807) is 0 Å². The normalized spacial score (nSPS) is 20.7. The molecule has 2 aromatic carbocycles. The molecule has 1 aliphatic heterocycles. The number of rotatable bonds is 7. The van der Waals surface area contributed by atoms with Gasteiger partial charge in [0.25, 0.3) is 0 Å². The van der Waals surface area contributed by atoms with Gasteiger partial charge in [0.2, 0.25) is 13.9 Å². The molecule has 0 spiro atoms. The summed E-state index contributed by atoms with van der Waals surface area (Å²) in [7, 11) is -2.22. The average Bonchev–Trinajstić information content (AvgIpc) is 3.36. The molecule has 0 aromatic heterocycles. The second-order valence-corrected chi connectivity index (χ2v) is 15.4. The summed E-state index contributed by atoms with van der Waals surface area (Å²) in [6.45, 7) is 10.9. The van der Waals surface area contributed by atoms with E-state index < -0.39 is 25.8 Å². The fraction of sp³-hybridized carbons (Fsp3) is 0.462. The van der Waals surface area contributed by atoms with Crippen molar-refractivity contribution in [3.05, 3.63) is 59.7 Å². The number of nitrogens with zero attached hydrogens (tertiary/aromatic N) is 1. The van der Waals surface area contributed by atoms with Gasteiger partial charge in [-0.3, -0.25) is 0 Å². The van der Waals surface area contributed by atoms with Gasteiger partial charge >= 0.3 is 11.9 Å². The molecule has 0 saturated carbocycles. The second-order valence-electron chi connectivity index (χ2n) is 10.7. The maximum absolute atomic E-state index is 13.4. The van der Waals surface area contributed by atoms with Crippen LogP contribution in [0.1, 0.15) is 50.7 Å². The van der Waals surface area contributed by atoms with Crippen molar-refractivity contribution in [1.82, 2.24) is 10.6 Å². The largest absolute Gasteiger partial charge is 0.479 e. The van der Waals surface area contributed by atoms with Crippen LogP contribution in [0, 0.1) is 0 Å². The van der Waals surface area contributed by atoms with Crippen LogP contribution in [-0.4, -0.2) is 49.1 Å². The Hall–Kier alpha value is -2.52. The van der Waals surface area contributed by atoms with Gasteiger partial charge in [-0.1, -0.05) is 69.3 Å². The lowest BCUT2D eigenvalue weighted by atomic mass is 9.96. The van der Waals surface area contributed by atoms with Crippen LogP contribution in [0.4, 0.5) is 0 Å². The Bertz CT molecular complexity index is 1050. The topological polar surface area (TPSA) is 88.1 Å². The number of benzene rings is 2. The summed E-state index contributed by atoms with van der Waals surface area (Å²) < 4.78 is 11.8. The van der Waals surface area contributed by atoms with Gasteiger partial charge in [-0.15, -0.1) is 5.59 Å². The fourth-order valence-corrected chi connectivity index (χ4v) is 5.15. The number of carboxylic acids is 1. The van der Waals surface area contributed by atoms with Crippen molar-refractivity contribution in [2.45, 2.75) is 63.2 Å². The van der Waals surface area contributed by atoms with Crippen molar-refractivity contribution in [1.29, 1.82) is 0 Å². The Balaban J connectivity index is 1.53. The number of esters is 1. The molecule has 1 aliphatic carbocycles. The molecule has 0 bridgehead atoms. The zero-order valence-corrected chi connectivity index (χ0v) is 21.6. The molecule has 0 amide bonds. The number of carboxylic acid groups (broad SMARTS) is 1. The Morgan fingerprint density at radius 2 is 1.65 bits per heavy atom. The molecule has 1 fully saturated rings. The number of nitrogens with one attached hydrogen (secondary N) is 1. The van der Waals surface area contributed by atoms with E-state index in [1.807, 2.05) is 36.4 Å². The van der Waals surface area contributed by atoms with Gasteiger partial charge in [-0.05, 0) is 53.2 Å². The first-order valence-corrected chi connectivity index (χ1v) is 14.7. The number of aliphatic carboxylic acids is 1. The zero-order valence-electron chi connectivity index (χ0n) is 20.6. The lowest BCUT2D eigenvalue weighted by Gasteiger charge is -2.39. The minimum absolute atomic E-state index is 0.0740. The van der Waals surface area contributed by atoms with Crippen molar-refractivity contribution < 1.29 is 24.0 Å². The van der Waals surface area contributed by atoms with Crippen molar-refractivity contribution in [3.63, 3.8) is 0 Å². The molecular formula is C26H34N2O5Si.